The molecule has 0 aliphatic carbocycles. The van der Waals surface area contributed by atoms with E-state index in [1.165, 1.54) is 6.21 Å². The van der Waals surface area contributed by atoms with Crippen molar-refractivity contribution >= 4 is 39.0 Å². The monoisotopic (exact) mass is 430 g/mol. The zero-order valence-electron chi connectivity index (χ0n) is 15.0. The zero-order valence-corrected chi connectivity index (χ0v) is 16.6. The van der Waals surface area contributed by atoms with E-state index in [0.29, 0.717) is 35.9 Å². The summed E-state index contributed by atoms with van der Waals surface area (Å²) in [7, 11) is 0. The second-order valence-electron chi connectivity index (χ2n) is 5.53. The minimum atomic E-state index is -0.426. The van der Waals surface area contributed by atoms with Gasteiger partial charge in [-0.2, -0.15) is 5.10 Å². The summed E-state index contributed by atoms with van der Waals surface area (Å²) in [5.74, 6) is 1.08. The lowest BCUT2D eigenvalue weighted by Gasteiger charge is -2.12. The van der Waals surface area contributed by atoms with Crippen LogP contribution in [0.5, 0.6) is 11.5 Å². The fourth-order valence-corrected chi connectivity index (χ4v) is 2.98. The van der Waals surface area contributed by atoms with Crippen molar-refractivity contribution in [2.45, 2.75) is 13.8 Å². The highest BCUT2D eigenvalue weighted by Gasteiger charge is 2.12. The fraction of sp³-hybridized carbons (Fsp3) is 0.200. The first-order valence-corrected chi connectivity index (χ1v) is 9.32. The Labute approximate surface area is 165 Å². The molecule has 1 aromatic heterocycles. The Bertz CT molecular complexity index is 948. The van der Waals surface area contributed by atoms with Crippen molar-refractivity contribution in [3.63, 3.8) is 0 Å². The van der Waals surface area contributed by atoms with Crippen molar-refractivity contribution in [1.82, 2.24) is 5.43 Å². The molecule has 0 aliphatic rings. The number of furan rings is 1. The zero-order chi connectivity index (χ0) is 19.2. The molecule has 27 heavy (non-hydrogen) atoms. The average Bonchev–Trinajstić information content (AvgIpc) is 3.09. The lowest BCUT2D eigenvalue weighted by Crippen LogP contribution is -2.16. The second kappa shape index (κ2) is 8.73. The highest BCUT2D eigenvalue weighted by atomic mass is 79.9. The Hall–Kier alpha value is -2.80. The van der Waals surface area contributed by atoms with Gasteiger partial charge in [-0.25, -0.2) is 5.43 Å². The molecule has 1 heterocycles. The van der Waals surface area contributed by atoms with E-state index in [2.05, 4.69) is 26.5 Å². The van der Waals surface area contributed by atoms with Gasteiger partial charge in [0.05, 0.1) is 23.9 Å². The molecule has 0 spiro atoms. The molecule has 0 radical (unpaired) electrons. The first-order chi connectivity index (χ1) is 13.1. The summed E-state index contributed by atoms with van der Waals surface area (Å²) in [6.45, 7) is 4.85. The molecular formula is C20H19BrN2O4. The van der Waals surface area contributed by atoms with Gasteiger partial charge in [0.25, 0.3) is 0 Å². The van der Waals surface area contributed by atoms with Crippen molar-refractivity contribution in [2.24, 2.45) is 5.10 Å². The molecule has 3 aromatic rings. The number of nitrogens with zero attached hydrogens (tertiary/aromatic N) is 1. The molecule has 1 N–H and O–H groups in total. The smallest absolute Gasteiger partial charge is 0.307 e. The Morgan fingerprint density at radius 3 is 2.63 bits per heavy atom. The number of benzene rings is 2. The highest BCUT2D eigenvalue weighted by molar-refractivity contribution is 9.10. The molecule has 2 aromatic carbocycles. The molecule has 1 amide bonds. The Kier molecular flexibility index (Phi) is 6.13. The molecule has 0 saturated heterocycles. The highest BCUT2D eigenvalue weighted by Crippen LogP contribution is 2.32. The van der Waals surface area contributed by atoms with Crippen LogP contribution in [0.3, 0.4) is 0 Å². The van der Waals surface area contributed by atoms with Gasteiger partial charge in [0.15, 0.2) is 5.76 Å². The van der Waals surface area contributed by atoms with E-state index in [9.17, 15) is 4.79 Å². The van der Waals surface area contributed by atoms with E-state index < -0.39 is 5.91 Å². The number of carbonyl (C=O) groups excluding carboxylic acids is 1. The number of rotatable bonds is 7. The molecule has 140 valence electrons. The fourth-order valence-electron chi connectivity index (χ4n) is 2.51. The second-order valence-corrected chi connectivity index (χ2v) is 6.39. The van der Waals surface area contributed by atoms with Crippen LogP contribution in [0.25, 0.3) is 11.0 Å². The maximum absolute atomic E-state index is 12.2. The van der Waals surface area contributed by atoms with Crippen LogP contribution in [-0.4, -0.2) is 25.3 Å². The molecule has 6 nitrogen and oxygen atoms in total. The third-order valence-corrected chi connectivity index (χ3v) is 4.30. The number of para-hydroxylation sites is 1. The predicted octanol–water partition coefficient (Wildman–Crippen LogP) is 4.76. The molecule has 0 atom stereocenters. The molecule has 0 saturated carbocycles. The van der Waals surface area contributed by atoms with E-state index in [1.807, 2.05) is 38.1 Å². The van der Waals surface area contributed by atoms with E-state index in [1.54, 1.807) is 18.2 Å². The van der Waals surface area contributed by atoms with Crippen LogP contribution in [0.1, 0.15) is 30.0 Å². The summed E-state index contributed by atoms with van der Waals surface area (Å²) in [6, 6.07) is 12.7. The van der Waals surface area contributed by atoms with E-state index in [4.69, 9.17) is 13.9 Å². The summed E-state index contributed by atoms with van der Waals surface area (Å²) in [6.07, 6.45) is 1.52. The number of fused-ring (bicyclic) bond motifs is 1. The van der Waals surface area contributed by atoms with Gasteiger partial charge in [-0.3, -0.25) is 4.79 Å². The van der Waals surface area contributed by atoms with Crippen LogP contribution in [-0.2, 0) is 0 Å². The van der Waals surface area contributed by atoms with Crippen LogP contribution < -0.4 is 14.9 Å². The van der Waals surface area contributed by atoms with Gasteiger partial charge in [0.1, 0.15) is 17.1 Å². The SMILES string of the molecule is CCOc1cc(OCC)c(/C=N/NC(=O)c2cc3ccccc3o2)cc1Br. The Morgan fingerprint density at radius 1 is 1.15 bits per heavy atom. The van der Waals surface area contributed by atoms with E-state index in [-0.39, 0.29) is 5.76 Å². The summed E-state index contributed by atoms with van der Waals surface area (Å²) in [4.78, 5) is 12.2. The average molecular weight is 431 g/mol. The maximum Gasteiger partial charge on any atom is 0.307 e. The number of hydrogen-bond donors (Lipinski definition) is 1. The van der Waals surface area contributed by atoms with Crippen molar-refractivity contribution in [3.8, 4) is 11.5 Å². The molecule has 3 rings (SSSR count). The molecule has 0 aliphatic heterocycles. The number of ether oxygens (including phenoxy) is 2. The number of hydrogen-bond acceptors (Lipinski definition) is 5. The van der Waals surface area contributed by atoms with Crippen molar-refractivity contribution < 1.29 is 18.7 Å². The van der Waals surface area contributed by atoms with Crippen molar-refractivity contribution in [3.05, 3.63) is 58.3 Å². The number of amides is 1. The van der Waals surface area contributed by atoms with E-state index in [0.717, 1.165) is 9.86 Å². The normalized spacial score (nSPS) is 11.1. The van der Waals surface area contributed by atoms with Crippen LogP contribution >= 0.6 is 15.9 Å². The number of carbonyl (C=O) groups is 1. The first kappa shape index (κ1) is 19.0. The van der Waals surface area contributed by atoms with Gasteiger partial charge in [-0.05, 0) is 48.0 Å². The van der Waals surface area contributed by atoms with Gasteiger partial charge in [-0.15, -0.1) is 0 Å². The molecule has 0 bridgehead atoms. The number of nitrogens with one attached hydrogen (secondary N) is 1. The third kappa shape index (κ3) is 4.49. The standard InChI is InChI=1S/C20H19BrN2O4/c1-3-25-17-11-18(26-4-2)15(21)9-14(17)12-22-23-20(24)19-10-13-7-5-6-8-16(13)27-19/h5-12H,3-4H2,1-2H3,(H,23,24)/b22-12+. The summed E-state index contributed by atoms with van der Waals surface area (Å²) in [5.41, 5.74) is 3.83. The topological polar surface area (TPSA) is 73.1 Å². The van der Waals surface area contributed by atoms with Gasteiger partial charge in [0, 0.05) is 17.0 Å². The van der Waals surface area contributed by atoms with Crippen LogP contribution in [0, 0.1) is 0 Å². The number of hydrazone groups is 1. The quantitative estimate of drug-likeness (QED) is 0.433. The van der Waals surface area contributed by atoms with Crippen molar-refractivity contribution in [1.29, 1.82) is 0 Å². The minimum absolute atomic E-state index is 0.200. The molecule has 7 heteroatoms. The van der Waals surface area contributed by atoms with Crippen LogP contribution in [0.15, 0.2) is 56.5 Å². The predicted molar refractivity (Wildman–Crippen MR) is 108 cm³/mol. The summed E-state index contributed by atoms with van der Waals surface area (Å²) in [5, 5.41) is 4.88. The lowest BCUT2D eigenvalue weighted by molar-refractivity contribution is 0.0929. The third-order valence-electron chi connectivity index (χ3n) is 3.68. The summed E-state index contributed by atoms with van der Waals surface area (Å²) < 4.78 is 17.5. The largest absolute Gasteiger partial charge is 0.493 e. The van der Waals surface area contributed by atoms with Crippen LogP contribution in [0.4, 0.5) is 0 Å². The maximum atomic E-state index is 12.2. The van der Waals surface area contributed by atoms with Gasteiger partial charge in [-0.1, -0.05) is 18.2 Å². The Morgan fingerprint density at radius 2 is 1.89 bits per heavy atom. The van der Waals surface area contributed by atoms with Crippen LogP contribution in [0.2, 0.25) is 0 Å². The molecule has 0 unspecified atom stereocenters. The minimum Gasteiger partial charge on any atom is -0.493 e. The van der Waals surface area contributed by atoms with Gasteiger partial charge >= 0.3 is 5.91 Å². The summed E-state index contributed by atoms with van der Waals surface area (Å²) >= 11 is 3.47. The Balaban J connectivity index is 1.76. The van der Waals surface area contributed by atoms with Gasteiger partial charge in [0.2, 0.25) is 0 Å². The van der Waals surface area contributed by atoms with Gasteiger partial charge < -0.3 is 13.9 Å². The first-order valence-electron chi connectivity index (χ1n) is 8.53. The molecule has 0 fully saturated rings. The van der Waals surface area contributed by atoms with E-state index >= 15 is 0 Å². The lowest BCUT2D eigenvalue weighted by atomic mass is 10.2. The number of halogens is 1. The molecular weight excluding hydrogens is 412 g/mol. The van der Waals surface area contributed by atoms with Crippen molar-refractivity contribution in [2.75, 3.05) is 13.2 Å².